The number of para-hydroxylation sites is 3. The summed E-state index contributed by atoms with van der Waals surface area (Å²) in [5.41, 5.74) is 3.70. The number of nitrogens with zero attached hydrogens (tertiary/aromatic N) is 1. The maximum Gasteiger partial charge on any atom is 0.272 e. The lowest BCUT2D eigenvalue weighted by Crippen LogP contribution is -2.24. The van der Waals surface area contributed by atoms with E-state index in [-0.39, 0.29) is 11.6 Å². The third-order valence-corrected chi connectivity index (χ3v) is 4.12. The number of aromatic nitrogens is 2. The summed E-state index contributed by atoms with van der Waals surface area (Å²) in [5.74, 6) is 0. The summed E-state index contributed by atoms with van der Waals surface area (Å²) in [4.78, 5) is 20.3. The van der Waals surface area contributed by atoms with Crippen molar-refractivity contribution in [2.45, 2.75) is 6.04 Å². The molecule has 1 atom stereocenters. The number of hydrogen-bond acceptors (Lipinski definition) is 3. The number of anilines is 1. The molecule has 1 unspecified atom stereocenters. The maximum absolute atomic E-state index is 12.7. The average Bonchev–Trinajstić information content (AvgIpc) is 2.67. The quantitative estimate of drug-likeness (QED) is 0.593. The van der Waals surface area contributed by atoms with E-state index in [9.17, 15) is 4.79 Å². The minimum atomic E-state index is -0.336. The molecule has 4 rings (SSSR count). The van der Waals surface area contributed by atoms with E-state index in [2.05, 4.69) is 15.3 Å². The van der Waals surface area contributed by atoms with Gasteiger partial charge in [-0.1, -0.05) is 60.7 Å². The molecule has 0 fully saturated rings. The molecule has 3 aromatic carbocycles. The zero-order valence-electron chi connectivity index (χ0n) is 13.5. The smallest absolute Gasteiger partial charge is 0.272 e. The zero-order chi connectivity index (χ0) is 17.1. The standard InChI is InChI=1S/C21H17N3O/c25-21-20(23-17-13-7-8-14-18(17)24-21)19(15-9-3-1-4-10-15)22-16-11-5-2-6-12-16/h1-14,19,22H,(H,24,25). The number of benzene rings is 3. The number of H-pyrrole nitrogens is 1. The fourth-order valence-corrected chi connectivity index (χ4v) is 2.90. The Balaban J connectivity index is 1.86. The third kappa shape index (κ3) is 3.15. The highest BCUT2D eigenvalue weighted by Gasteiger charge is 2.19. The van der Waals surface area contributed by atoms with E-state index in [1.54, 1.807) is 0 Å². The fraction of sp³-hybridized carbons (Fsp3) is 0.0476. The Bertz CT molecular complexity index is 1040. The number of hydrogen-bond donors (Lipinski definition) is 2. The molecule has 4 aromatic rings. The van der Waals surface area contributed by atoms with E-state index in [1.807, 2.05) is 84.9 Å². The number of aromatic amines is 1. The molecule has 4 nitrogen and oxygen atoms in total. The molecule has 0 saturated carbocycles. The molecule has 4 heteroatoms. The van der Waals surface area contributed by atoms with E-state index in [0.29, 0.717) is 5.69 Å². The first-order chi connectivity index (χ1) is 12.3. The second-order valence-corrected chi connectivity index (χ2v) is 5.82. The summed E-state index contributed by atoms with van der Waals surface area (Å²) >= 11 is 0. The van der Waals surface area contributed by atoms with E-state index >= 15 is 0 Å². The molecule has 0 saturated heterocycles. The Morgan fingerprint density at radius 3 is 2.20 bits per heavy atom. The van der Waals surface area contributed by atoms with E-state index in [1.165, 1.54) is 0 Å². The number of nitrogens with one attached hydrogen (secondary N) is 2. The van der Waals surface area contributed by atoms with E-state index in [0.717, 1.165) is 22.3 Å². The van der Waals surface area contributed by atoms with Gasteiger partial charge in [0.25, 0.3) is 5.56 Å². The van der Waals surface area contributed by atoms with Gasteiger partial charge < -0.3 is 10.3 Å². The van der Waals surface area contributed by atoms with Gasteiger partial charge in [0.05, 0.1) is 17.1 Å². The van der Waals surface area contributed by atoms with Gasteiger partial charge in [-0.25, -0.2) is 4.98 Å². The third-order valence-electron chi connectivity index (χ3n) is 4.12. The average molecular weight is 327 g/mol. The van der Waals surface area contributed by atoms with Crippen molar-refractivity contribution >= 4 is 16.7 Å². The number of fused-ring (bicyclic) bond motifs is 1. The molecule has 0 radical (unpaired) electrons. The van der Waals surface area contributed by atoms with Crippen LogP contribution < -0.4 is 10.9 Å². The summed E-state index contributed by atoms with van der Waals surface area (Å²) in [5, 5.41) is 3.43. The van der Waals surface area contributed by atoms with Gasteiger partial charge in [-0.05, 0) is 29.8 Å². The molecule has 25 heavy (non-hydrogen) atoms. The molecule has 0 amide bonds. The van der Waals surface area contributed by atoms with Gasteiger partial charge in [-0.3, -0.25) is 4.79 Å². The van der Waals surface area contributed by atoms with Crippen LogP contribution in [0.5, 0.6) is 0 Å². The largest absolute Gasteiger partial charge is 0.373 e. The lowest BCUT2D eigenvalue weighted by molar-refractivity contribution is 0.867. The van der Waals surface area contributed by atoms with Crippen LogP contribution in [0.3, 0.4) is 0 Å². The number of rotatable bonds is 4. The highest BCUT2D eigenvalue weighted by molar-refractivity contribution is 5.73. The lowest BCUT2D eigenvalue weighted by atomic mass is 10.0. The van der Waals surface area contributed by atoms with Crippen LogP contribution in [0.1, 0.15) is 17.3 Å². The second-order valence-electron chi connectivity index (χ2n) is 5.82. The predicted molar refractivity (Wildman–Crippen MR) is 101 cm³/mol. The Kier molecular flexibility index (Phi) is 4.01. The Morgan fingerprint density at radius 2 is 1.44 bits per heavy atom. The van der Waals surface area contributed by atoms with Crippen molar-refractivity contribution in [1.82, 2.24) is 9.97 Å². The second kappa shape index (κ2) is 6.61. The van der Waals surface area contributed by atoms with Gasteiger partial charge in [0.1, 0.15) is 5.69 Å². The molecule has 1 heterocycles. The van der Waals surface area contributed by atoms with Crippen molar-refractivity contribution in [2.24, 2.45) is 0 Å². The Hall–Kier alpha value is -3.40. The van der Waals surface area contributed by atoms with Crippen molar-refractivity contribution in [3.05, 3.63) is 107 Å². The van der Waals surface area contributed by atoms with Crippen molar-refractivity contribution in [1.29, 1.82) is 0 Å². The van der Waals surface area contributed by atoms with Crippen LogP contribution in [0.15, 0.2) is 89.7 Å². The highest BCUT2D eigenvalue weighted by Crippen LogP contribution is 2.24. The molecular weight excluding hydrogens is 310 g/mol. The Morgan fingerprint density at radius 1 is 0.800 bits per heavy atom. The van der Waals surface area contributed by atoms with Crippen molar-refractivity contribution in [3.8, 4) is 0 Å². The minimum Gasteiger partial charge on any atom is -0.373 e. The monoisotopic (exact) mass is 327 g/mol. The van der Waals surface area contributed by atoms with Crippen LogP contribution in [-0.2, 0) is 0 Å². The van der Waals surface area contributed by atoms with Crippen LogP contribution in [0.4, 0.5) is 5.69 Å². The van der Waals surface area contributed by atoms with Gasteiger partial charge in [0.2, 0.25) is 0 Å². The maximum atomic E-state index is 12.7. The summed E-state index contributed by atoms with van der Waals surface area (Å²) < 4.78 is 0. The lowest BCUT2D eigenvalue weighted by Gasteiger charge is -2.19. The molecule has 1 aromatic heterocycles. The first-order valence-corrected chi connectivity index (χ1v) is 8.17. The van der Waals surface area contributed by atoms with Crippen LogP contribution in [0.2, 0.25) is 0 Å². The van der Waals surface area contributed by atoms with Gasteiger partial charge in [-0.2, -0.15) is 0 Å². The van der Waals surface area contributed by atoms with Crippen LogP contribution >= 0.6 is 0 Å². The van der Waals surface area contributed by atoms with Crippen molar-refractivity contribution in [3.63, 3.8) is 0 Å². The SMILES string of the molecule is O=c1[nH]c2ccccc2nc1C(Nc1ccccc1)c1ccccc1. The van der Waals surface area contributed by atoms with E-state index < -0.39 is 0 Å². The molecule has 0 spiro atoms. The first kappa shape index (κ1) is 15.1. The fourth-order valence-electron chi connectivity index (χ4n) is 2.90. The predicted octanol–water partition coefficient (Wildman–Crippen LogP) is 4.12. The molecule has 2 N–H and O–H groups in total. The van der Waals surface area contributed by atoms with E-state index in [4.69, 9.17) is 0 Å². The normalized spacial score (nSPS) is 12.0. The molecule has 0 aliphatic heterocycles. The summed E-state index contributed by atoms with van der Waals surface area (Å²) in [6, 6.07) is 26.9. The van der Waals surface area contributed by atoms with Gasteiger partial charge in [0.15, 0.2) is 0 Å². The zero-order valence-corrected chi connectivity index (χ0v) is 13.5. The molecule has 0 bridgehead atoms. The minimum absolute atomic E-state index is 0.184. The molecule has 0 aliphatic carbocycles. The van der Waals surface area contributed by atoms with Gasteiger partial charge in [0, 0.05) is 5.69 Å². The molecular formula is C21H17N3O. The molecule has 0 aliphatic rings. The summed E-state index contributed by atoms with van der Waals surface area (Å²) in [6.07, 6.45) is 0. The topological polar surface area (TPSA) is 57.8 Å². The van der Waals surface area contributed by atoms with Gasteiger partial charge >= 0.3 is 0 Å². The first-order valence-electron chi connectivity index (χ1n) is 8.17. The van der Waals surface area contributed by atoms with Crippen LogP contribution in [0.25, 0.3) is 11.0 Å². The van der Waals surface area contributed by atoms with Crippen molar-refractivity contribution in [2.75, 3.05) is 5.32 Å². The Labute approximate surface area is 145 Å². The molecule has 122 valence electrons. The summed E-state index contributed by atoms with van der Waals surface area (Å²) in [7, 11) is 0. The van der Waals surface area contributed by atoms with Crippen LogP contribution in [0, 0.1) is 0 Å². The van der Waals surface area contributed by atoms with Crippen molar-refractivity contribution < 1.29 is 0 Å². The summed E-state index contributed by atoms with van der Waals surface area (Å²) in [6.45, 7) is 0. The highest BCUT2D eigenvalue weighted by atomic mass is 16.1. The van der Waals surface area contributed by atoms with Gasteiger partial charge in [-0.15, -0.1) is 0 Å². The van der Waals surface area contributed by atoms with Crippen LogP contribution in [-0.4, -0.2) is 9.97 Å².